The first-order valence-corrected chi connectivity index (χ1v) is 6.91. The molecule has 0 atom stereocenters. The Morgan fingerprint density at radius 1 is 1.05 bits per heavy atom. The number of hydrogen-bond donors (Lipinski definition) is 1. The van der Waals surface area contributed by atoms with Gasteiger partial charge < -0.3 is 15.5 Å². The number of nitrogens with two attached hydrogens (primary N) is 1. The van der Waals surface area contributed by atoms with Crippen LogP contribution in [0.3, 0.4) is 0 Å². The summed E-state index contributed by atoms with van der Waals surface area (Å²) in [5.41, 5.74) is 7.41. The molecule has 21 heavy (non-hydrogen) atoms. The normalized spacial score (nSPS) is 15.0. The second-order valence-corrected chi connectivity index (χ2v) is 4.94. The molecule has 0 unspecified atom stereocenters. The fourth-order valence-electron chi connectivity index (χ4n) is 2.47. The highest BCUT2D eigenvalue weighted by Gasteiger charge is 2.19. The van der Waals surface area contributed by atoms with Gasteiger partial charge in [0.2, 0.25) is 0 Å². The fourth-order valence-corrected chi connectivity index (χ4v) is 2.47. The Morgan fingerprint density at radius 3 is 2.43 bits per heavy atom. The molecule has 108 valence electrons. The van der Waals surface area contributed by atoms with Gasteiger partial charge in [0.15, 0.2) is 5.82 Å². The van der Waals surface area contributed by atoms with Crippen LogP contribution in [0.15, 0.2) is 42.7 Å². The second-order valence-electron chi connectivity index (χ2n) is 4.94. The van der Waals surface area contributed by atoms with Crippen LogP contribution in [0.5, 0.6) is 0 Å². The van der Waals surface area contributed by atoms with E-state index in [9.17, 15) is 4.79 Å². The molecule has 6 nitrogen and oxygen atoms in total. The highest BCUT2D eigenvalue weighted by molar-refractivity contribution is 5.72. The third-order valence-corrected chi connectivity index (χ3v) is 3.63. The van der Waals surface area contributed by atoms with E-state index in [0.29, 0.717) is 13.1 Å². The van der Waals surface area contributed by atoms with Crippen LogP contribution < -0.4 is 10.6 Å². The van der Waals surface area contributed by atoms with Gasteiger partial charge in [0.05, 0.1) is 0 Å². The van der Waals surface area contributed by atoms with Crippen molar-refractivity contribution in [3.8, 4) is 11.4 Å². The second kappa shape index (κ2) is 5.78. The summed E-state index contributed by atoms with van der Waals surface area (Å²) in [6, 6.07) is 9.60. The maximum atomic E-state index is 11.1. The molecule has 0 spiro atoms. The number of primary amides is 1. The van der Waals surface area contributed by atoms with Gasteiger partial charge in [-0.1, -0.05) is 12.1 Å². The van der Waals surface area contributed by atoms with Gasteiger partial charge in [0, 0.05) is 49.8 Å². The summed E-state index contributed by atoms with van der Waals surface area (Å²) in [7, 11) is 0. The predicted octanol–water partition coefficient (Wildman–Crippen LogP) is 1.34. The Balaban J connectivity index is 1.77. The minimum atomic E-state index is -0.346. The van der Waals surface area contributed by atoms with Crippen molar-refractivity contribution < 1.29 is 4.79 Å². The average Bonchev–Trinajstić information content (AvgIpc) is 2.56. The van der Waals surface area contributed by atoms with Gasteiger partial charge in [-0.25, -0.2) is 14.8 Å². The minimum Gasteiger partial charge on any atom is -0.368 e. The number of rotatable bonds is 2. The van der Waals surface area contributed by atoms with Crippen LogP contribution in [0.4, 0.5) is 10.5 Å². The van der Waals surface area contributed by atoms with E-state index in [1.54, 1.807) is 23.4 Å². The van der Waals surface area contributed by atoms with E-state index in [0.717, 1.165) is 30.2 Å². The minimum absolute atomic E-state index is 0.346. The first-order chi connectivity index (χ1) is 10.2. The molecular formula is C15H17N5O. The lowest BCUT2D eigenvalue weighted by Crippen LogP contribution is -2.50. The Morgan fingerprint density at radius 2 is 1.76 bits per heavy atom. The van der Waals surface area contributed by atoms with Crippen LogP contribution in [0, 0.1) is 0 Å². The van der Waals surface area contributed by atoms with Gasteiger partial charge in [0.1, 0.15) is 0 Å². The van der Waals surface area contributed by atoms with E-state index in [4.69, 9.17) is 5.73 Å². The van der Waals surface area contributed by atoms with Crippen molar-refractivity contribution in [2.75, 3.05) is 31.1 Å². The molecule has 1 aromatic carbocycles. The molecule has 2 heterocycles. The Kier molecular flexibility index (Phi) is 3.68. The van der Waals surface area contributed by atoms with Gasteiger partial charge in [0.25, 0.3) is 0 Å². The zero-order valence-electron chi connectivity index (χ0n) is 11.6. The fraction of sp³-hybridized carbons (Fsp3) is 0.267. The average molecular weight is 283 g/mol. The molecule has 6 heteroatoms. The van der Waals surface area contributed by atoms with Gasteiger partial charge in [-0.05, 0) is 18.2 Å². The Bertz CT molecular complexity index is 623. The number of carbonyl (C=O) groups excluding carboxylic acids is 1. The van der Waals surface area contributed by atoms with Gasteiger partial charge >= 0.3 is 6.03 Å². The van der Waals surface area contributed by atoms with Crippen molar-refractivity contribution in [2.45, 2.75) is 0 Å². The van der Waals surface area contributed by atoms with Crippen molar-refractivity contribution in [2.24, 2.45) is 5.73 Å². The number of aromatic nitrogens is 2. The largest absolute Gasteiger partial charge is 0.368 e. The van der Waals surface area contributed by atoms with Crippen LogP contribution in [-0.4, -0.2) is 47.1 Å². The van der Waals surface area contributed by atoms with Crippen molar-refractivity contribution in [3.05, 3.63) is 42.7 Å². The van der Waals surface area contributed by atoms with E-state index in [1.165, 1.54) is 0 Å². The number of piperazine rings is 1. The Hall–Kier alpha value is -2.63. The third-order valence-electron chi connectivity index (χ3n) is 3.63. The van der Waals surface area contributed by atoms with E-state index >= 15 is 0 Å². The summed E-state index contributed by atoms with van der Waals surface area (Å²) in [6.07, 6.45) is 3.47. The SMILES string of the molecule is NC(=O)N1CCN(c2cccc(-c3ncccn3)c2)CC1. The van der Waals surface area contributed by atoms with Gasteiger partial charge in [-0.15, -0.1) is 0 Å². The predicted molar refractivity (Wildman–Crippen MR) is 80.8 cm³/mol. The molecule has 2 amide bonds. The number of nitrogens with zero attached hydrogens (tertiary/aromatic N) is 4. The lowest BCUT2D eigenvalue weighted by Gasteiger charge is -2.35. The van der Waals surface area contributed by atoms with Crippen molar-refractivity contribution in [1.29, 1.82) is 0 Å². The summed E-state index contributed by atoms with van der Waals surface area (Å²) in [6.45, 7) is 2.87. The smallest absolute Gasteiger partial charge is 0.314 e. The Labute approximate surface area is 123 Å². The van der Waals surface area contributed by atoms with E-state index in [-0.39, 0.29) is 6.03 Å². The first kappa shape index (κ1) is 13.4. The molecule has 0 saturated carbocycles. The van der Waals surface area contributed by atoms with E-state index < -0.39 is 0 Å². The molecule has 1 aliphatic rings. The van der Waals surface area contributed by atoms with Crippen molar-refractivity contribution in [3.63, 3.8) is 0 Å². The van der Waals surface area contributed by atoms with Crippen LogP contribution in [0.25, 0.3) is 11.4 Å². The van der Waals surface area contributed by atoms with Crippen LogP contribution in [0.2, 0.25) is 0 Å². The maximum Gasteiger partial charge on any atom is 0.314 e. The lowest BCUT2D eigenvalue weighted by atomic mass is 10.1. The highest BCUT2D eigenvalue weighted by atomic mass is 16.2. The van der Waals surface area contributed by atoms with Crippen molar-refractivity contribution >= 4 is 11.7 Å². The molecule has 1 aromatic heterocycles. The number of carbonyl (C=O) groups is 1. The van der Waals surface area contributed by atoms with Gasteiger partial charge in [-0.3, -0.25) is 0 Å². The van der Waals surface area contributed by atoms with Crippen LogP contribution in [0.1, 0.15) is 0 Å². The van der Waals surface area contributed by atoms with E-state index in [1.807, 2.05) is 12.1 Å². The quantitative estimate of drug-likeness (QED) is 0.902. The molecule has 2 aromatic rings. The molecule has 1 saturated heterocycles. The van der Waals surface area contributed by atoms with E-state index in [2.05, 4.69) is 27.0 Å². The highest BCUT2D eigenvalue weighted by Crippen LogP contribution is 2.22. The molecule has 1 fully saturated rings. The number of amides is 2. The molecule has 0 aliphatic carbocycles. The first-order valence-electron chi connectivity index (χ1n) is 6.91. The lowest BCUT2D eigenvalue weighted by molar-refractivity contribution is 0.204. The molecule has 3 rings (SSSR count). The zero-order chi connectivity index (χ0) is 14.7. The van der Waals surface area contributed by atoms with Gasteiger partial charge in [-0.2, -0.15) is 0 Å². The number of hydrogen-bond acceptors (Lipinski definition) is 4. The molecule has 1 aliphatic heterocycles. The summed E-state index contributed by atoms with van der Waals surface area (Å²) >= 11 is 0. The monoisotopic (exact) mass is 283 g/mol. The van der Waals surface area contributed by atoms with Crippen molar-refractivity contribution in [1.82, 2.24) is 14.9 Å². The number of anilines is 1. The molecular weight excluding hydrogens is 266 g/mol. The summed E-state index contributed by atoms with van der Waals surface area (Å²) in [5, 5.41) is 0. The summed E-state index contributed by atoms with van der Waals surface area (Å²) < 4.78 is 0. The molecule has 0 bridgehead atoms. The zero-order valence-corrected chi connectivity index (χ0v) is 11.6. The topological polar surface area (TPSA) is 75.4 Å². The molecule has 0 radical (unpaired) electrons. The number of benzene rings is 1. The number of urea groups is 1. The molecule has 2 N–H and O–H groups in total. The maximum absolute atomic E-state index is 11.1. The summed E-state index contributed by atoms with van der Waals surface area (Å²) in [5.74, 6) is 0.718. The summed E-state index contributed by atoms with van der Waals surface area (Å²) in [4.78, 5) is 23.6. The van der Waals surface area contributed by atoms with Crippen LogP contribution >= 0.6 is 0 Å². The van der Waals surface area contributed by atoms with Crippen LogP contribution in [-0.2, 0) is 0 Å². The standard InChI is InChI=1S/C15H17N5O/c16-15(21)20-9-7-19(8-10-20)13-4-1-3-12(11-13)14-17-5-2-6-18-14/h1-6,11H,7-10H2,(H2,16,21). The third kappa shape index (κ3) is 2.94.